The number of amidine groups is 1. The number of hydrogen-bond donors (Lipinski definition) is 2. The highest BCUT2D eigenvalue weighted by Gasteiger charge is 2.37. The van der Waals surface area contributed by atoms with E-state index in [0.717, 1.165) is 18.4 Å². The molecule has 0 radical (unpaired) electrons. The molecule has 0 aromatic rings. The summed E-state index contributed by atoms with van der Waals surface area (Å²) in [4.78, 5) is 4.87. The molecule has 0 amide bonds. The number of rotatable bonds is 2. The van der Waals surface area contributed by atoms with E-state index in [1.807, 2.05) is 0 Å². The second kappa shape index (κ2) is 3.78. The maximum atomic E-state index is 5.75. The molecule has 0 bridgehead atoms. The van der Waals surface area contributed by atoms with Gasteiger partial charge in [0.2, 0.25) is 0 Å². The quantitative estimate of drug-likeness (QED) is 0.716. The van der Waals surface area contributed by atoms with Crippen molar-refractivity contribution in [3.63, 3.8) is 0 Å². The van der Waals surface area contributed by atoms with Crippen LogP contribution in [0.25, 0.3) is 0 Å². The number of fused-ring (bicyclic) bond motifs is 1. The van der Waals surface area contributed by atoms with Gasteiger partial charge in [-0.3, -0.25) is 4.99 Å². The normalized spacial score (nSPS) is 40.3. The van der Waals surface area contributed by atoms with E-state index >= 15 is 0 Å². The molecule has 3 heteroatoms. The third kappa shape index (κ3) is 1.67. The first-order chi connectivity index (χ1) is 7.36. The SMILES string of the molecule is NCC1CCC2N=C(C3CCC3)NC2C1. The molecule has 84 valence electrons. The predicted molar refractivity (Wildman–Crippen MR) is 61.9 cm³/mol. The summed E-state index contributed by atoms with van der Waals surface area (Å²) in [6.07, 6.45) is 7.86. The lowest BCUT2D eigenvalue weighted by Gasteiger charge is -2.30. The molecule has 3 aliphatic rings. The Morgan fingerprint density at radius 1 is 1.27 bits per heavy atom. The molecule has 2 aliphatic carbocycles. The molecule has 3 N–H and O–H groups in total. The lowest BCUT2D eigenvalue weighted by molar-refractivity contribution is 0.293. The lowest BCUT2D eigenvalue weighted by atomic mass is 9.83. The van der Waals surface area contributed by atoms with Crippen molar-refractivity contribution < 1.29 is 0 Å². The molecule has 1 aliphatic heterocycles. The maximum Gasteiger partial charge on any atom is 0.100 e. The first-order valence-electron chi connectivity index (χ1n) is 6.41. The molecule has 1 heterocycles. The molecule has 3 rings (SSSR count). The van der Waals surface area contributed by atoms with Gasteiger partial charge in [-0.25, -0.2) is 0 Å². The Bertz CT molecular complexity index is 270. The number of nitrogens with one attached hydrogen (secondary N) is 1. The van der Waals surface area contributed by atoms with Crippen LogP contribution in [0.2, 0.25) is 0 Å². The Hall–Kier alpha value is -0.570. The zero-order valence-corrected chi connectivity index (χ0v) is 9.28. The molecule has 3 atom stereocenters. The van der Waals surface area contributed by atoms with Gasteiger partial charge in [-0.2, -0.15) is 0 Å². The van der Waals surface area contributed by atoms with Gasteiger partial charge in [-0.1, -0.05) is 6.42 Å². The van der Waals surface area contributed by atoms with E-state index in [-0.39, 0.29) is 0 Å². The van der Waals surface area contributed by atoms with Crippen molar-refractivity contribution >= 4 is 5.84 Å². The summed E-state index contributed by atoms with van der Waals surface area (Å²) in [7, 11) is 0. The first kappa shape index (κ1) is 9.64. The molecule has 3 unspecified atom stereocenters. The van der Waals surface area contributed by atoms with E-state index in [9.17, 15) is 0 Å². The van der Waals surface area contributed by atoms with Crippen molar-refractivity contribution in [3.8, 4) is 0 Å². The summed E-state index contributed by atoms with van der Waals surface area (Å²) in [6.45, 7) is 0.851. The molecule has 0 aromatic carbocycles. The molecule has 15 heavy (non-hydrogen) atoms. The van der Waals surface area contributed by atoms with Gasteiger partial charge < -0.3 is 11.1 Å². The fraction of sp³-hybridized carbons (Fsp3) is 0.917. The second-order valence-electron chi connectivity index (χ2n) is 5.38. The van der Waals surface area contributed by atoms with Crippen LogP contribution in [0, 0.1) is 11.8 Å². The van der Waals surface area contributed by atoms with Crippen LogP contribution in [0.5, 0.6) is 0 Å². The smallest absolute Gasteiger partial charge is 0.100 e. The maximum absolute atomic E-state index is 5.75. The van der Waals surface area contributed by atoms with Crippen LogP contribution in [0.3, 0.4) is 0 Å². The molecule has 0 saturated heterocycles. The Morgan fingerprint density at radius 2 is 2.13 bits per heavy atom. The van der Waals surface area contributed by atoms with Gasteiger partial charge in [0, 0.05) is 12.0 Å². The van der Waals surface area contributed by atoms with Crippen LogP contribution in [-0.2, 0) is 0 Å². The Morgan fingerprint density at radius 3 is 2.80 bits per heavy atom. The Labute approximate surface area is 91.5 Å². The van der Waals surface area contributed by atoms with E-state index < -0.39 is 0 Å². The van der Waals surface area contributed by atoms with Gasteiger partial charge in [0.25, 0.3) is 0 Å². The van der Waals surface area contributed by atoms with Gasteiger partial charge in [-0.05, 0) is 44.6 Å². The van der Waals surface area contributed by atoms with E-state index in [2.05, 4.69) is 5.32 Å². The third-order valence-corrected chi connectivity index (χ3v) is 4.39. The summed E-state index contributed by atoms with van der Waals surface area (Å²) in [5.74, 6) is 2.83. The number of hydrogen-bond acceptors (Lipinski definition) is 3. The number of nitrogens with zero attached hydrogens (tertiary/aromatic N) is 1. The minimum atomic E-state index is 0.573. The zero-order chi connectivity index (χ0) is 10.3. The van der Waals surface area contributed by atoms with E-state index in [1.54, 1.807) is 0 Å². The molecule has 0 aromatic heterocycles. The van der Waals surface area contributed by atoms with Crippen LogP contribution in [-0.4, -0.2) is 24.5 Å². The van der Waals surface area contributed by atoms with E-state index in [0.29, 0.717) is 12.1 Å². The molecule has 0 spiro atoms. The average Bonchev–Trinajstić information content (AvgIpc) is 2.56. The first-order valence-corrected chi connectivity index (χ1v) is 6.41. The topological polar surface area (TPSA) is 50.4 Å². The molecule has 3 nitrogen and oxygen atoms in total. The highest BCUT2D eigenvalue weighted by atomic mass is 15.1. The highest BCUT2D eigenvalue weighted by Crippen LogP contribution is 2.34. The third-order valence-electron chi connectivity index (χ3n) is 4.39. The van der Waals surface area contributed by atoms with Gasteiger partial charge in [-0.15, -0.1) is 0 Å². The zero-order valence-electron chi connectivity index (χ0n) is 9.28. The van der Waals surface area contributed by atoms with Crippen molar-refractivity contribution in [2.45, 2.75) is 50.6 Å². The summed E-state index contributed by atoms with van der Waals surface area (Å²) in [5, 5.41) is 3.65. The average molecular weight is 207 g/mol. The monoisotopic (exact) mass is 207 g/mol. The van der Waals surface area contributed by atoms with Crippen LogP contribution in [0.4, 0.5) is 0 Å². The van der Waals surface area contributed by atoms with Gasteiger partial charge in [0.15, 0.2) is 0 Å². The summed E-state index contributed by atoms with van der Waals surface area (Å²) >= 11 is 0. The van der Waals surface area contributed by atoms with Gasteiger partial charge in [0.05, 0.1) is 6.04 Å². The van der Waals surface area contributed by atoms with Gasteiger partial charge >= 0.3 is 0 Å². The molecular formula is C12H21N3. The fourth-order valence-electron chi connectivity index (χ4n) is 3.08. The summed E-state index contributed by atoms with van der Waals surface area (Å²) in [6, 6.07) is 1.19. The predicted octanol–water partition coefficient (Wildman–Crippen LogP) is 1.28. The molecule has 2 saturated carbocycles. The minimum absolute atomic E-state index is 0.573. The van der Waals surface area contributed by atoms with E-state index in [4.69, 9.17) is 10.7 Å². The van der Waals surface area contributed by atoms with Gasteiger partial charge in [0.1, 0.15) is 5.84 Å². The van der Waals surface area contributed by atoms with Crippen molar-refractivity contribution in [1.29, 1.82) is 0 Å². The van der Waals surface area contributed by atoms with Crippen molar-refractivity contribution in [3.05, 3.63) is 0 Å². The number of nitrogens with two attached hydrogens (primary N) is 1. The summed E-state index contributed by atoms with van der Waals surface area (Å²) < 4.78 is 0. The van der Waals surface area contributed by atoms with Crippen molar-refractivity contribution in [1.82, 2.24) is 5.32 Å². The van der Waals surface area contributed by atoms with Crippen LogP contribution < -0.4 is 11.1 Å². The Balaban J connectivity index is 1.64. The standard InChI is InChI=1S/C12H21N3/c13-7-8-4-5-10-11(6-8)15-12(14-10)9-2-1-3-9/h8-11H,1-7,13H2,(H,14,15). The van der Waals surface area contributed by atoms with E-state index in [1.165, 1.54) is 44.4 Å². The second-order valence-corrected chi connectivity index (χ2v) is 5.38. The minimum Gasteiger partial charge on any atom is -0.369 e. The largest absolute Gasteiger partial charge is 0.369 e. The summed E-state index contributed by atoms with van der Waals surface area (Å²) in [5.41, 5.74) is 5.75. The van der Waals surface area contributed by atoms with Crippen LogP contribution in [0.15, 0.2) is 4.99 Å². The Kier molecular flexibility index (Phi) is 2.43. The highest BCUT2D eigenvalue weighted by molar-refractivity contribution is 5.87. The lowest BCUT2D eigenvalue weighted by Crippen LogP contribution is -2.43. The van der Waals surface area contributed by atoms with Crippen molar-refractivity contribution in [2.24, 2.45) is 22.6 Å². The molecular weight excluding hydrogens is 186 g/mol. The van der Waals surface area contributed by atoms with Crippen LogP contribution >= 0.6 is 0 Å². The van der Waals surface area contributed by atoms with Crippen LogP contribution in [0.1, 0.15) is 38.5 Å². The number of aliphatic imine (C=N–C) groups is 1. The fourth-order valence-corrected chi connectivity index (χ4v) is 3.08. The van der Waals surface area contributed by atoms with Crippen molar-refractivity contribution in [2.75, 3.05) is 6.54 Å². The molecule has 2 fully saturated rings.